The molecule has 2 aliphatic rings. The number of amides is 1. The highest BCUT2D eigenvalue weighted by Gasteiger charge is 2.32. The summed E-state index contributed by atoms with van der Waals surface area (Å²) >= 11 is 0. The zero-order valence-electron chi connectivity index (χ0n) is 18.2. The fraction of sp³-hybridized carbons (Fsp3) is 0.423. The van der Waals surface area contributed by atoms with E-state index in [0.717, 1.165) is 64.2 Å². The third-order valence-electron chi connectivity index (χ3n) is 6.74. The van der Waals surface area contributed by atoms with Gasteiger partial charge < -0.3 is 14.7 Å². The molecule has 164 valence electrons. The molecule has 0 bridgehead atoms. The second kappa shape index (κ2) is 10.7. The van der Waals surface area contributed by atoms with Crippen LogP contribution in [0.4, 0.5) is 4.39 Å². The van der Waals surface area contributed by atoms with E-state index < -0.39 is 0 Å². The second-order valence-corrected chi connectivity index (χ2v) is 8.88. The summed E-state index contributed by atoms with van der Waals surface area (Å²) in [6.07, 6.45) is 6.25. The van der Waals surface area contributed by atoms with Gasteiger partial charge in [0, 0.05) is 24.3 Å². The molecule has 2 saturated heterocycles. The number of carbonyl (C=O) groups excluding carboxylic acids is 1. The summed E-state index contributed by atoms with van der Waals surface area (Å²) in [6.45, 7) is 7.36. The molecule has 2 aromatic carbocycles. The lowest BCUT2D eigenvalue weighted by Crippen LogP contribution is -3.14. The Bertz CT molecular complexity index is 869. The van der Waals surface area contributed by atoms with Crippen LogP contribution in [-0.4, -0.2) is 56.6 Å². The summed E-state index contributed by atoms with van der Waals surface area (Å²) in [4.78, 5) is 18.0. The quantitative estimate of drug-likeness (QED) is 0.715. The number of carbonyl (C=O) groups is 1. The fourth-order valence-electron chi connectivity index (χ4n) is 4.79. The van der Waals surface area contributed by atoms with E-state index >= 15 is 0 Å². The van der Waals surface area contributed by atoms with Crippen LogP contribution >= 0.6 is 0 Å². The molecule has 0 radical (unpaired) electrons. The lowest BCUT2D eigenvalue weighted by molar-refractivity contribution is -0.919. The number of hydrogen-bond acceptors (Lipinski definition) is 1. The molecule has 0 aromatic heterocycles. The largest absolute Gasteiger partial charge is 0.331 e. The number of piperidine rings is 1. The van der Waals surface area contributed by atoms with E-state index in [9.17, 15) is 9.18 Å². The maximum absolute atomic E-state index is 13.9. The SMILES string of the molecule is O=C(C1CC[NH+](Cc2ccccc2F)CC1)N1CC[NH+](C/C=C/c2ccccc2)CC1. The molecular formula is C26H34FN3O+2. The van der Waals surface area contributed by atoms with Crippen molar-refractivity contribution < 1.29 is 19.0 Å². The standard InChI is InChI=1S/C26H32FN3O/c27-25-11-5-4-10-24(25)21-29-15-12-23(13-16-29)26(31)30-19-17-28(18-20-30)14-6-9-22-7-2-1-3-8-22/h1-11,23H,12-21H2/p+2/b9-6+. The van der Waals surface area contributed by atoms with Gasteiger partial charge in [-0.25, -0.2) is 4.39 Å². The smallest absolute Gasteiger partial charge is 0.226 e. The van der Waals surface area contributed by atoms with Gasteiger partial charge in [-0.05, 0) is 17.7 Å². The Morgan fingerprint density at radius 3 is 2.32 bits per heavy atom. The van der Waals surface area contributed by atoms with Crippen molar-refractivity contribution in [1.82, 2.24) is 4.90 Å². The summed E-state index contributed by atoms with van der Waals surface area (Å²) in [7, 11) is 0. The first-order valence-electron chi connectivity index (χ1n) is 11.6. The predicted molar refractivity (Wildman–Crippen MR) is 121 cm³/mol. The van der Waals surface area contributed by atoms with E-state index in [-0.39, 0.29) is 11.7 Å². The zero-order chi connectivity index (χ0) is 21.5. The molecule has 2 heterocycles. The van der Waals surface area contributed by atoms with Crippen LogP contribution < -0.4 is 9.80 Å². The highest BCUT2D eigenvalue weighted by molar-refractivity contribution is 5.79. The number of halogens is 1. The molecule has 4 rings (SSSR count). The zero-order valence-corrected chi connectivity index (χ0v) is 18.2. The van der Waals surface area contributed by atoms with Crippen LogP contribution in [0.3, 0.4) is 0 Å². The number of rotatable bonds is 6. The van der Waals surface area contributed by atoms with Crippen molar-refractivity contribution >= 4 is 12.0 Å². The van der Waals surface area contributed by atoms with E-state index in [2.05, 4.69) is 41.3 Å². The summed E-state index contributed by atoms with van der Waals surface area (Å²) in [5.41, 5.74) is 2.02. The Kier molecular flexibility index (Phi) is 7.49. The number of nitrogens with zero attached hydrogens (tertiary/aromatic N) is 1. The van der Waals surface area contributed by atoms with E-state index in [1.54, 1.807) is 11.0 Å². The van der Waals surface area contributed by atoms with Crippen molar-refractivity contribution in [1.29, 1.82) is 0 Å². The molecule has 4 nitrogen and oxygen atoms in total. The van der Waals surface area contributed by atoms with Gasteiger partial charge in [-0.1, -0.05) is 54.6 Å². The molecule has 5 heteroatoms. The van der Waals surface area contributed by atoms with Crippen molar-refractivity contribution in [3.8, 4) is 0 Å². The predicted octanol–water partition coefficient (Wildman–Crippen LogP) is 1.06. The van der Waals surface area contributed by atoms with E-state index in [4.69, 9.17) is 0 Å². The van der Waals surface area contributed by atoms with Gasteiger partial charge in [0.1, 0.15) is 12.4 Å². The number of piperazine rings is 1. The Hall–Kier alpha value is -2.50. The van der Waals surface area contributed by atoms with Crippen LogP contribution in [0, 0.1) is 11.7 Å². The Morgan fingerprint density at radius 1 is 0.935 bits per heavy atom. The third kappa shape index (κ3) is 6.02. The maximum Gasteiger partial charge on any atom is 0.226 e. The van der Waals surface area contributed by atoms with Gasteiger partial charge in [0.05, 0.1) is 45.8 Å². The second-order valence-electron chi connectivity index (χ2n) is 8.88. The van der Waals surface area contributed by atoms with Gasteiger partial charge in [-0.3, -0.25) is 4.79 Å². The van der Waals surface area contributed by atoms with Gasteiger partial charge in [0.15, 0.2) is 0 Å². The minimum Gasteiger partial charge on any atom is -0.331 e. The Morgan fingerprint density at radius 2 is 1.61 bits per heavy atom. The summed E-state index contributed by atoms with van der Waals surface area (Å²) in [6, 6.07) is 17.4. The fourth-order valence-corrected chi connectivity index (χ4v) is 4.79. The average molecular weight is 424 g/mol. The highest BCUT2D eigenvalue weighted by Crippen LogP contribution is 2.14. The third-order valence-corrected chi connectivity index (χ3v) is 6.74. The van der Waals surface area contributed by atoms with Crippen LogP contribution in [-0.2, 0) is 11.3 Å². The number of nitrogens with one attached hydrogen (secondary N) is 2. The molecule has 31 heavy (non-hydrogen) atoms. The van der Waals surface area contributed by atoms with Gasteiger partial charge >= 0.3 is 0 Å². The van der Waals surface area contributed by atoms with Crippen molar-refractivity contribution in [2.24, 2.45) is 5.92 Å². The maximum atomic E-state index is 13.9. The van der Waals surface area contributed by atoms with Gasteiger partial charge in [0.2, 0.25) is 5.91 Å². The molecule has 0 unspecified atom stereocenters. The van der Waals surface area contributed by atoms with Crippen molar-refractivity contribution in [2.45, 2.75) is 19.4 Å². The molecule has 2 aromatic rings. The molecule has 2 aliphatic heterocycles. The Labute approximate surface area is 185 Å². The first-order chi connectivity index (χ1) is 15.2. The average Bonchev–Trinajstić information content (AvgIpc) is 2.82. The first-order valence-corrected chi connectivity index (χ1v) is 11.6. The minimum absolute atomic E-state index is 0.118. The lowest BCUT2D eigenvalue weighted by Gasteiger charge is -2.36. The molecule has 2 N–H and O–H groups in total. The van der Waals surface area contributed by atoms with E-state index in [1.165, 1.54) is 16.5 Å². The molecular weight excluding hydrogens is 389 g/mol. The van der Waals surface area contributed by atoms with Crippen LogP contribution in [0.2, 0.25) is 0 Å². The van der Waals surface area contributed by atoms with E-state index in [0.29, 0.717) is 12.5 Å². The molecule has 0 spiro atoms. The minimum atomic E-state index is -0.118. The van der Waals surface area contributed by atoms with Crippen LogP contribution in [0.5, 0.6) is 0 Å². The number of quaternary nitrogens is 2. The number of benzene rings is 2. The molecule has 0 saturated carbocycles. The molecule has 0 aliphatic carbocycles. The van der Waals surface area contributed by atoms with Crippen molar-refractivity contribution in [3.63, 3.8) is 0 Å². The van der Waals surface area contributed by atoms with Gasteiger partial charge in [-0.15, -0.1) is 0 Å². The van der Waals surface area contributed by atoms with Crippen LogP contribution in [0.15, 0.2) is 60.7 Å². The molecule has 2 fully saturated rings. The van der Waals surface area contributed by atoms with Crippen molar-refractivity contribution in [3.05, 3.63) is 77.6 Å². The van der Waals surface area contributed by atoms with Crippen LogP contribution in [0.1, 0.15) is 24.0 Å². The van der Waals surface area contributed by atoms with Gasteiger partial charge in [-0.2, -0.15) is 0 Å². The van der Waals surface area contributed by atoms with Crippen LogP contribution in [0.25, 0.3) is 6.08 Å². The number of likely N-dealkylation sites (tertiary alicyclic amines) is 1. The topological polar surface area (TPSA) is 29.2 Å². The normalized spacial score (nSPS) is 22.7. The first kappa shape index (κ1) is 21.7. The number of hydrogen-bond donors (Lipinski definition) is 2. The summed E-state index contributed by atoms with van der Waals surface area (Å²) in [5.74, 6) is 0.361. The molecule has 1 amide bonds. The van der Waals surface area contributed by atoms with Gasteiger partial charge in [0.25, 0.3) is 0 Å². The molecule has 0 atom stereocenters. The summed E-state index contributed by atoms with van der Waals surface area (Å²) in [5, 5.41) is 0. The van der Waals surface area contributed by atoms with Crippen molar-refractivity contribution in [2.75, 3.05) is 45.8 Å². The highest BCUT2D eigenvalue weighted by atomic mass is 19.1. The summed E-state index contributed by atoms with van der Waals surface area (Å²) < 4.78 is 13.9. The monoisotopic (exact) mass is 423 g/mol. The Balaban J connectivity index is 1.18. The lowest BCUT2D eigenvalue weighted by atomic mass is 9.94. The van der Waals surface area contributed by atoms with E-state index in [1.807, 2.05) is 18.2 Å².